The molecule has 140 valence electrons. The second kappa shape index (κ2) is 7.31. The molecular formula is C20H20BrN3O3. The summed E-state index contributed by atoms with van der Waals surface area (Å²) in [4.78, 5) is 27.5. The number of carbonyl (C=O) groups is 2. The van der Waals surface area contributed by atoms with Gasteiger partial charge in [0.05, 0.1) is 17.2 Å². The van der Waals surface area contributed by atoms with Gasteiger partial charge in [0.25, 0.3) is 5.91 Å². The number of hydrogen-bond donors (Lipinski definition) is 1. The van der Waals surface area contributed by atoms with Gasteiger partial charge in [-0.15, -0.1) is 0 Å². The fourth-order valence-electron chi connectivity index (χ4n) is 3.60. The van der Waals surface area contributed by atoms with Crippen molar-refractivity contribution < 1.29 is 14.1 Å². The van der Waals surface area contributed by atoms with Crippen LogP contribution in [0.5, 0.6) is 0 Å². The Hall–Kier alpha value is -2.41. The van der Waals surface area contributed by atoms with Crippen molar-refractivity contribution in [2.75, 3.05) is 19.6 Å². The number of nitrogens with one attached hydrogen (secondary N) is 1. The smallest absolute Gasteiger partial charge is 0.269 e. The van der Waals surface area contributed by atoms with Gasteiger partial charge in [-0.25, -0.2) is 0 Å². The molecule has 0 aliphatic carbocycles. The van der Waals surface area contributed by atoms with Gasteiger partial charge in [0.1, 0.15) is 11.5 Å². The molecule has 1 unspecified atom stereocenters. The van der Waals surface area contributed by atoms with Crippen LogP contribution in [-0.4, -0.2) is 41.4 Å². The lowest BCUT2D eigenvalue weighted by Gasteiger charge is -2.15. The summed E-state index contributed by atoms with van der Waals surface area (Å²) in [7, 11) is 0. The van der Waals surface area contributed by atoms with E-state index in [4.69, 9.17) is 4.52 Å². The van der Waals surface area contributed by atoms with E-state index in [9.17, 15) is 9.59 Å². The Balaban J connectivity index is 1.59. The summed E-state index contributed by atoms with van der Waals surface area (Å²) in [5.41, 5.74) is 2.37. The second-order valence-corrected chi connectivity index (χ2v) is 7.82. The fourth-order valence-corrected chi connectivity index (χ4v) is 3.86. The van der Waals surface area contributed by atoms with Gasteiger partial charge >= 0.3 is 0 Å². The van der Waals surface area contributed by atoms with E-state index in [1.165, 1.54) is 0 Å². The van der Waals surface area contributed by atoms with Crippen molar-refractivity contribution in [1.82, 2.24) is 15.4 Å². The molecule has 2 aliphatic heterocycles. The lowest BCUT2D eigenvalue weighted by atomic mass is 9.94. The van der Waals surface area contributed by atoms with Gasteiger partial charge in [-0.2, -0.15) is 0 Å². The third kappa shape index (κ3) is 3.43. The number of carbonyl (C=O) groups excluding carboxylic acids is 2. The molecule has 2 aliphatic rings. The highest BCUT2D eigenvalue weighted by molar-refractivity contribution is 9.10. The maximum Gasteiger partial charge on any atom is 0.269 e. The quantitative estimate of drug-likeness (QED) is 0.754. The van der Waals surface area contributed by atoms with Crippen LogP contribution in [0.15, 0.2) is 45.0 Å². The molecule has 1 saturated heterocycles. The van der Waals surface area contributed by atoms with E-state index in [-0.39, 0.29) is 11.7 Å². The van der Waals surface area contributed by atoms with Crippen molar-refractivity contribution in [2.45, 2.75) is 19.8 Å². The molecule has 0 saturated carbocycles. The van der Waals surface area contributed by atoms with Crippen LogP contribution in [0.4, 0.5) is 0 Å². The minimum atomic E-state index is -0.404. The van der Waals surface area contributed by atoms with Gasteiger partial charge in [-0.3, -0.25) is 9.59 Å². The predicted octanol–water partition coefficient (Wildman–Crippen LogP) is 3.32. The standard InChI is InChI=1S/C20H20BrN3O3/c1-12-17(18(23-27-12)13-4-6-15(21)7-5-13)19(25)14-10-16(22-11-14)20(26)24-8-2-3-9-24/h4-7,10,14,22H,2-3,8-9,11H2,1H3. The molecule has 1 N–H and O–H groups in total. The number of halogens is 1. The topological polar surface area (TPSA) is 75.4 Å². The van der Waals surface area contributed by atoms with Gasteiger partial charge < -0.3 is 14.7 Å². The molecular weight excluding hydrogens is 410 g/mol. The first-order valence-electron chi connectivity index (χ1n) is 9.06. The largest absolute Gasteiger partial charge is 0.380 e. The first-order valence-corrected chi connectivity index (χ1v) is 9.85. The average Bonchev–Trinajstić information content (AvgIpc) is 3.42. The molecule has 3 heterocycles. The lowest BCUT2D eigenvalue weighted by molar-refractivity contribution is -0.126. The van der Waals surface area contributed by atoms with Gasteiger partial charge in [-0.05, 0) is 38.0 Å². The van der Waals surface area contributed by atoms with E-state index in [0.29, 0.717) is 29.3 Å². The van der Waals surface area contributed by atoms with E-state index in [2.05, 4.69) is 26.4 Å². The highest BCUT2D eigenvalue weighted by Crippen LogP contribution is 2.30. The Labute approximate surface area is 165 Å². The number of Topliss-reactive ketones (excluding diaryl/α,β-unsaturated/α-hetero) is 1. The number of hydrogen-bond acceptors (Lipinski definition) is 5. The van der Waals surface area contributed by atoms with Crippen molar-refractivity contribution >= 4 is 27.6 Å². The number of benzene rings is 1. The number of rotatable bonds is 4. The van der Waals surface area contributed by atoms with Crippen LogP contribution in [0.3, 0.4) is 0 Å². The summed E-state index contributed by atoms with van der Waals surface area (Å²) >= 11 is 3.41. The van der Waals surface area contributed by atoms with Gasteiger partial charge in [-0.1, -0.05) is 33.2 Å². The Bertz CT molecular complexity index is 911. The normalized spacial score (nSPS) is 19.1. The highest BCUT2D eigenvalue weighted by Gasteiger charge is 2.33. The first kappa shape index (κ1) is 18.0. The fraction of sp³-hybridized carbons (Fsp3) is 0.350. The van der Waals surface area contributed by atoms with Crippen LogP contribution in [0, 0.1) is 12.8 Å². The Morgan fingerprint density at radius 3 is 2.63 bits per heavy atom. The second-order valence-electron chi connectivity index (χ2n) is 6.90. The molecule has 0 radical (unpaired) electrons. The zero-order valence-corrected chi connectivity index (χ0v) is 16.6. The van der Waals surface area contributed by atoms with Crippen LogP contribution in [0.2, 0.25) is 0 Å². The summed E-state index contributed by atoms with van der Waals surface area (Å²) in [6.07, 6.45) is 3.83. The van der Waals surface area contributed by atoms with Gasteiger partial charge in [0, 0.05) is 29.7 Å². The summed E-state index contributed by atoms with van der Waals surface area (Å²) in [5, 5.41) is 7.20. The van der Waals surface area contributed by atoms with E-state index in [0.717, 1.165) is 36.0 Å². The molecule has 1 amide bonds. The Morgan fingerprint density at radius 2 is 1.93 bits per heavy atom. The molecule has 1 fully saturated rings. The zero-order valence-electron chi connectivity index (χ0n) is 15.0. The number of aryl methyl sites for hydroxylation is 1. The molecule has 1 aromatic carbocycles. The number of aromatic nitrogens is 1. The minimum absolute atomic E-state index is 0.0158. The molecule has 7 heteroatoms. The summed E-state index contributed by atoms with van der Waals surface area (Å²) in [6.45, 7) is 3.73. The van der Waals surface area contributed by atoms with E-state index in [1.54, 1.807) is 13.0 Å². The highest BCUT2D eigenvalue weighted by atomic mass is 79.9. The van der Waals surface area contributed by atoms with Crippen LogP contribution >= 0.6 is 15.9 Å². The van der Waals surface area contributed by atoms with Crippen LogP contribution in [-0.2, 0) is 4.79 Å². The van der Waals surface area contributed by atoms with E-state index in [1.807, 2.05) is 29.2 Å². The number of nitrogens with zero attached hydrogens (tertiary/aromatic N) is 2. The maximum absolute atomic E-state index is 13.2. The summed E-state index contributed by atoms with van der Waals surface area (Å²) in [6, 6.07) is 7.58. The predicted molar refractivity (Wildman–Crippen MR) is 104 cm³/mol. The average molecular weight is 430 g/mol. The Kier molecular flexibility index (Phi) is 4.86. The molecule has 6 nitrogen and oxygen atoms in total. The number of ketones is 1. The van der Waals surface area contributed by atoms with Crippen molar-refractivity contribution in [3.63, 3.8) is 0 Å². The third-order valence-electron chi connectivity index (χ3n) is 5.07. The van der Waals surface area contributed by atoms with Crippen LogP contribution in [0.25, 0.3) is 11.3 Å². The van der Waals surface area contributed by atoms with E-state index >= 15 is 0 Å². The van der Waals surface area contributed by atoms with Crippen molar-refractivity contribution in [3.05, 3.63) is 51.8 Å². The maximum atomic E-state index is 13.2. The monoisotopic (exact) mass is 429 g/mol. The molecule has 1 atom stereocenters. The van der Waals surface area contributed by atoms with Crippen molar-refractivity contribution in [1.29, 1.82) is 0 Å². The van der Waals surface area contributed by atoms with Crippen molar-refractivity contribution in [2.24, 2.45) is 5.92 Å². The molecule has 4 rings (SSSR count). The minimum Gasteiger partial charge on any atom is -0.380 e. The molecule has 0 bridgehead atoms. The van der Waals surface area contributed by atoms with Crippen molar-refractivity contribution in [3.8, 4) is 11.3 Å². The van der Waals surface area contributed by atoms with Crippen LogP contribution < -0.4 is 5.32 Å². The molecule has 2 aromatic rings. The SMILES string of the molecule is Cc1onc(-c2ccc(Br)cc2)c1C(=O)C1C=C(C(=O)N2CCCC2)NC1. The van der Waals surface area contributed by atoms with E-state index < -0.39 is 5.92 Å². The van der Waals surface area contributed by atoms with Gasteiger partial charge in [0.2, 0.25) is 0 Å². The lowest BCUT2D eigenvalue weighted by Crippen LogP contribution is -2.33. The molecule has 1 aromatic heterocycles. The summed E-state index contributed by atoms with van der Waals surface area (Å²) in [5.74, 6) is -0.00847. The first-order chi connectivity index (χ1) is 13.0. The molecule has 27 heavy (non-hydrogen) atoms. The number of amides is 1. The van der Waals surface area contributed by atoms with Gasteiger partial charge in [0.15, 0.2) is 5.78 Å². The Morgan fingerprint density at radius 1 is 1.22 bits per heavy atom. The number of likely N-dealkylation sites (tertiary alicyclic amines) is 1. The summed E-state index contributed by atoms with van der Waals surface area (Å²) < 4.78 is 6.27. The third-order valence-corrected chi connectivity index (χ3v) is 5.60. The van der Waals surface area contributed by atoms with Crippen LogP contribution in [0.1, 0.15) is 29.0 Å². The molecule has 0 spiro atoms. The zero-order chi connectivity index (χ0) is 19.0.